The third kappa shape index (κ3) is 5.67. The number of likely N-dealkylation sites (N-methyl/N-ethyl adjacent to an activating group) is 1. The van der Waals surface area contributed by atoms with Gasteiger partial charge in [-0.15, -0.1) is 0 Å². The Balaban J connectivity index is 1.62. The fourth-order valence-corrected chi connectivity index (χ4v) is 4.42. The number of rotatable bonds is 6. The molecule has 27 heavy (non-hydrogen) atoms. The van der Waals surface area contributed by atoms with E-state index in [9.17, 15) is 9.90 Å². The van der Waals surface area contributed by atoms with Gasteiger partial charge >= 0.3 is 5.97 Å². The van der Waals surface area contributed by atoms with Crippen LogP contribution in [0.3, 0.4) is 0 Å². The molecule has 1 aromatic rings. The minimum atomic E-state index is -0.109. The first-order valence-corrected chi connectivity index (χ1v) is 10.0. The van der Waals surface area contributed by atoms with Crippen molar-refractivity contribution < 1.29 is 14.6 Å². The van der Waals surface area contributed by atoms with Gasteiger partial charge in [0.15, 0.2) is 0 Å². The fourth-order valence-electron chi connectivity index (χ4n) is 4.42. The highest BCUT2D eigenvalue weighted by atomic mass is 16.5. The Morgan fingerprint density at radius 2 is 1.85 bits per heavy atom. The van der Waals surface area contributed by atoms with Crippen LogP contribution in [0.1, 0.15) is 24.8 Å². The molecule has 0 aliphatic carbocycles. The van der Waals surface area contributed by atoms with Gasteiger partial charge in [-0.3, -0.25) is 14.6 Å². The van der Waals surface area contributed by atoms with Gasteiger partial charge in [0.1, 0.15) is 5.75 Å². The summed E-state index contributed by atoms with van der Waals surface area (Å²) >= 11 is 0. The molecule has 3 rings (SSSR count). The van der Waals surface area contributed by atoms with E-state index in [1.54, 1.807) is 12.1 Å². The van der Waals surface area contributed by atoms with Gasteiger partial charge in [-0.2, -0.15) is 0 Å². The average molecular weight is 376 g/mol. The second-order valence-electron chi connectivity index (χ2n) is 7.97. The van der Waals surface area contributed by atoms with Gasteiger partial charge in [-0.1, -0.05) is 12.1 Å². The van der Waals surface area contributed by atoms with Crippen LogP contribution in [-0.2, 0) is 16.1 Å². The van der Waals surface area contributed by atoms with Gasteiger partial charge in [-0.05, 0) is 50.0 Å². The Morgan fingerprint density at radius 3 is 2.52 bits per heavy atom. The molecular weight excluding hydrogens is 342 g/mol. The summed E-state index contributed by atoms with van der Waals surface area (Å²) in [4.78, 5) is 19.2. The molecule has 6 nitrogen and oxygen atoms in total. The second kappa shape index (κ2) is 9.53. The molecule has 0 saturated carbocycles. The summed E-state index contributed by atoms with van der Waals surface area (Å²) in [5, 5.41) is 9.48. The number of phenolic OH excluding ortho intramolecular Hbond substituents is 1. The van der Waals surface area contributed by atoms with E-state index in [1.165, 1.54) is 12.7 Å². The Labute approximate surface area is 162 Å². The standard InChI is InChI=1S/C21H33N3O3/c1-22-11-13-24(14-12-22)20-9-10-23(15-17-3-6-19(25)7-4-17)16-18(20)5-8-21(26)27-2/h3-4,6-7,18,20,25H,5,8-16H2,1-2H3/t18-,20+/m0/s1. The summed E-state index contributed by atoms with van der Waals surface area (Å²) in [5.74, 6) is 0.685. The van der Waals surface area contributed by atoms with E-state index in [0.717, 1.165) is 58.7 Å². The zero-order valence-corrected chi connectivity index (χ0v) is 16.6. The highest BCUT2D eigenvalue weighted by Crippen LogP contribution is 2.28. The number of ether oxygens (including phenoxy) is 1. The summed E-state index contributed by atoms with van der Waals surface area (Å²) in [6.07, 6.45) is 2.53. The van der Waals surface area contributed by atoms with E-state index in [0.29, 0.717) is 24.1 Å². The van der Waals surface area contributed by atoms with Crippen molar-refractivity contribution in [3.63, 3.8) is 0 Å². The number of hydrogen-bond acceptors (Lipinski definition) is 6. The molecule has 0 radical (unpaired) electrons. The number of carbonyl (C=O) groups excluding carboxylic acids is 1. The van der Waals surface area contributed by atoms with E-state index in [-0.39, 0.29) is 5.97 Å². The molecule has 2 heterocycles. The highest BCUT2D eigenvalue weighted by molar-refractivity contribution is 5.69. The van der Waals surface area contributed by atoms with Crippen LogP contribution in [0.2, 0.25) is 0 Å². The molecule has 0 aromatic heterocycles. The number of piperazine rings is 1. The first-order valence-electron chi connectivity index (χ1n) is 10.0. The van der Waals surface area contributed by atoms with Crippen molar-refractivity contribution >= 4 is 5.97 Å². The maximum Gasteiger partial charge on any atom is 0.305 e. The number of phenols is 1. The van der Waals surface area contributed by atoms with Gasteiger partial charge in [0.2, 0.25) is 0 Å². The molecule has 1 N–H and O–H groups in total. The van der Waals surface area contributed by atoms with E-state index < -0.39 is 0 Å². The molecule has 0 spiro atoms. The Bertz CT molecular complexity index is 599. The summed E-state index contributed by atoms with van der Waals surface area (Å²) in [7, 11) is 3.66. The normalized spacial score (nSPS) is 25.4. The minimum absolute atomic E-state index is 0.109. The molecule has 2 aliphatic rings. The molecule has 150 valence electrons. The van der Waals surface area contributed by atoms with Crippen molar-refractivity contribution in [1.29, 1.82) is 0 Å². The molecular formula is C21H33N3O3. The lowest BCUT2D eigenvalue weighted by Crippen LogP contribution is -2.56. The maximum atomic E-state index is 11.7. The largest absolute Gasteiger partial charge is 0.508 e. The van der Waals surface area contributed by atoms with Crippen LogP contribution in [0.5, 0.6) is 5.75 Å². The van der Waals surface area contributed by atoms with Gasteiger partial charge < -0.3 is 14.7 Å². The molecule has 0 bridgehead atoms. The molecule has 0 unspecified atom stereocenters. The third-order valence-electron chi connectivity index (χ3n) is 6.07. The van der Waals surface area contributed by atoms with Crippen LogP contribution in [-0.4, -0.2) is 85.2 Å². The molecule has 2 atom stereocenters. The average Bonchev–Trinajstić information content (AvgIpc) is 2.69. The lowest BCUT2D eigenvalue weighted by Gasteiger charge is -2.46. The predicted octanol–water partition coefficient (Wildman–Crippen LogP) is 1.78. The Kier molecular flexibility index (Phi) is 7.10. The zero-order chi connectivity index (χ0) is 19.2. The minimum Gasteiger partial charge on any atom is -0.508 e. The molecule has 6 heteroatoms. The first-order chi connectivity index (χ1) is 13.0. The van der Waals surface area contributed by atoms with Crippen LogP contribution in [0, 0.1) is 5.92 Å². The predicted molar refractivity (Wildman–Crippen MR) is 106 cm³/mol. The number of methoxy groups -OCH3 is 1. The number of hydrogen-bond donors (Lipinski definition) is 1. The molecule has 2 saturated heterocycles. The van der Waals surface area contributed by atoms with Crippen LogP contribution >= 0.6 is 0 Å². The summed E-state index contributed by atoms with van der Waals surface area (Å²) in [6, 6.07) is 8.04. The van der Waals surface area contributed by atoms with Crippen molar-refractivity contribution in [2.75, 3.05) is 53.4 Å². The quantitative estimate of drug-likeness (QED) is 0.765. The van der Waals surface area contributed by atoms with Gasteiger partial charge in [0, 0.05) is 51.7 Å². The maximum absolute atomic E-state index is 11.7. The third-order valence-corrected chi connectivity index (χ3v) is 6.07. The van der Waals surface area contributed by atoms with Crippen LogP contribution < -0.4 is 0 Å². The van der Waals surface area contributed by atoms with E-state index in [1.807, 2.05) is 12.1 Å². The SMILES string of the molecule is COC(=O)CC[C@H]1CN(Cc2ccc(O)cc2)CC[C@H]1N1CCN(C)CC1. The number of aromatic hydroxyl groups is 1. The van der Waals surface area contributed by atoms with Gasteiger partial charge in [-0.25, -0.2) is 0 Å². The molecule has 0 amide bonds. The fraction of sp³-hybridized carbons (Fsp3) is 0.667. The van der Waals surface area contributed by atoms with Gasteiger partial charge in [0.25, 0.3) is 0 Å². The smallest absolute Gasteiger partial charge is 0.305 e. The van der Waals surface area contributed by atoms with Crippen LogP contribution in [0.15, 0.2) is 24.3 Å². The van der Waals surface area contributed by atoms with Crippen molar-refractivity contribution in [1.82, 2.24) is 14.7 Å². The number of likely N-dealkylation sites (tertiary alicyclic amines) is 1. The Morgan fingerprint density at radius 1 is 1.15 bits per heavy atom. The van der Waals surface area contributed by atoms with Crippen LogP contribution in [0.25, 0.3) is 0 Å². The van der Waals surface area contributed by atoms with Gasteiger partial charge in [0.05, 0.1) is 7.11 Å². The number of piperidine rings is 1. The molecule has 2 fully saturated rings. The zero-order valence-electron chi connectivity index (χ0n) is 16.6. The topological polar surface area (TPSA) is 56.2 Å². The lowest BCUT2D eigenvalue weighted by molar-refractivity contribution is -0.141. The number of nitrogens with zero attached hydrogens (tertiary/aromatic N) is 3. The first kappa shape index (κ1) is 20.1. The summed E-state index contributed by atoms with van der Waals surface area (Å²) < 4.78 is 4.87. The van der Waals surface area contributed by atoms with Crippen molar-refractivity contribution in [2.45, 2.75) is 31.8 Å². The lowest BCUT2D eigenvalue weighted by atomic mass is 9.86. The number of benzene rings is 1. The summed E-state index contributed by atoms with van der Waals surface area (Å²) in [5.41, 5.74) is 1.22. The second-order valence-corrected chi connectivity index (χ2v) is 7.97. The molecule has 1 aromatic carbocycles. The van der Waals surface area contributed by atoms with E-state index in [4.69, 9.17) is 4.74 Å². The van der Waals surface area contributed by atoms with Crippen molar-refractivity contribution in [3.8, 4) is 5.75 Å². The van der Waals surface area contributed by atoms with E-state index in [2.05, 4.69) is 21.7 Å². The van der Waals surface area contributed by atoms with Crippen molar-refractivity contribution in [3.05, 3.63) is 29.8 Å². The number of esters is 1. The van der Waals surface area contributed by atoms with E-state index >= 15 is 0 Å². The number of carbonyl (C=O) groups is 1. The van der Waals surface area contributed by atoms with Crippen LogP contribution in [0.4, 0.5) is 0 Å². The monoisotopic (exact) mass is 375 g/mol. The highest BCUT2D eigenvalue weighted by Gasteiger charge is 2.34. The van der Waals surface area contributed by atoms with Crippen molar-refractivity contribution in [2.24, 2.45) is 5.92 Å². The Hall–Kier alpha value is -1.63. The summed E-state index contributed by atoms with van der Waals surface area (Å²) in [6.45, 7) is 7.46. The molecule has 2 aliphatic heterocycles.